The number of carbonyl (C=O) groups excluding carboxylic acids is 1. The number of esters is 1. The molecule has 0 unspecified atom stereocenters. The number of benzene rings is 1. The van der Waals surface area contributed by atoms with Crippen LogP contribution in [0, 0.1) is 45.2 Å². The van der Waals surface area contributed by atoms with Crippen LogP contribution in [0.25, 0.3) is 0 Å². The lowest BCUT2D eigenvalue weighted by Crippen LogP contribution is -2.60. The van der Waals surface area contributed by atoms with Gasteiger partial charge in [0.25, 0.3) is 0 Å². The van der Waals surface area contributed by atoms with E-state index < -0.39 is 5.41 Å². The third-order valence-corrected chi connectivity index (χ3v) is 11.6. The Labute approximate surface area is 226 Å². The Kier molecular flexibility index (Phi) is 6.88. The van der Waals surface area contributed by atoms with E-state index in [-0.39, 0.29) is 46.6 Å². The zero-order chi connectivity index (χ0) is 26.6. The summed E-state index contributed by atoms with van der Waals surface area (Å²) in [5.74, 6) is 0.421. The smallest absolute Gasteiger partial charge is 0.312 e. The quantitative estimate of drug-likeness (QED) is 0.317. The molecule has 0 aromatic heterocycles. The average Bonchev–Trinajstić information content (AvgIpc) is 3.01. The summed E-state index contributed by atoms with van der Waals surface area (Å²) in [7, 11) is 0. The topological polar surface area (TPSA) is 70.6 Å². The summed E-state index contributed by atoms with van der Waals surface area (Å²) in [4.78, 5) is 13.2. The first kappa shape index (κ1) is 26.9. The molecule has 4 aliphatic rings. The van der Waals surface area contributed by atoms with E-state index in [1.165, 1.54) is 6.07 Å². The van der Waals surface area contributed by atoms with Gasteiger partial charge in [-0.15, -0.1) is 0 Å². The van der Waals surface area contributed by atoms with Gasteiger partial charge in [0, 0.05) is 18.6 Å². The van der Waals surface area contributed by atoms with Gasteiger partial charge >= 0.3 is 5.97 Å². The lowest BCUT2D eigenvalue weighted by Gasteiger charge is -2.65. The molecule has 3 N–H and O–H groups in total. The third-order valence-electron chi connectivity index (χ3n) is 11.3. The van der Waals surface area contributed by atoms with Crippen LogP contribution in [0.3, 0.4) is 0 Å². The van der Waals surface area contributed by atoms with Gasteiger partial charge in [-0.2, -0.15) is 0 Å². The van der Waals surface area contributed by atoms with Crippen molar-refractivity contribution in [3.63, 3.8) is 0 Å². The molecule has 4 aliphatic carbocycles. The molecule has 5 rings (SSSR count). The Hall–Kier alpha value is -1.73. The fourth-order valence-corrected chi connectivity index (χ4v) is 10.2. The largest absolute Gasteiger partial charge is 0.466 e. The second-order valence-corrected chi connectivity index (χ2v) is 13.5. The molecule has 0 saturated heterocycles. The lowest BCUT2D eigenvalue weighted by molar-refractivity contribution is -0.193. The number of para-hydroxylation sites is 1. The lowest BCUT2D eigenvalue weighted by atomic mass is 9.39. The summed E-state index contributed by atoms with van der Waals surface area (Å²) in [5.41, 5.74) is -0.0516. The van der Waals surface area contributed by atoms with Gasteiger partial charge in [0.05, 0.1) is 17.7 Å². The summed E-state index contributed by atoms with van der Waals surface area (Å²) in [5, 5.41) is 17.9. The van der Waals surface area contributed by atoms with Gasteiger partial charge in [-0.3, -0.25) is 4.79 Å². The van der Waals surface area contributed by atoms with Crippen molar-refractivity contribution in [2.75, 3.05) is 18.5 Å². The SMILES string of the molecule is CCOC(=O)[C@]1(C)CCC[C@@]2(C)[C@@H]3CC[C@@]4(C)C[C@]3(CC[C@@H]21)[C@H](CO)[C@H]4NC(=S)Nc1ccccc1F. The highest BCUT2D eigenvalue weighted by molar-refractivity contribution is 7.80. The number of nitrogens with one attached hydrogen (secondary N) is 2. The Morgan fingerprint density at radius 2 is 1.86 bits per heavy atom. The number of ether oxygens (including phenoxy) is 1. The molecule has 1 aromatic rings. The van der Waals surface area contributed by atoms with E-state index in [0.29, 0.717) is 29.2 Å². The van der Waals surface area contributed by atoms with Crippen molar-refractivity contribution in [3.05, 3.63) is 30.1 Å². The Morgan fingerprint density at radius 3 is 2.57 bits per heavy atom. The van der Waals surface area contributed by atoms with Crippen molar-refractivity contribution < 1.29 is 19.0 Å². The second kappa shape index (κ2) is 9.48. The molecule has 204 valence electrons. The van der Waals surface area contributed by atoms with Gasteiger partial charge in [0.2, 0.25) is 0 Å². The summed E-state index contributed by atoms with van der Waals surface area (Å²) < 4.78 is 19.9. The van der Waals surface area contributed by atoms with Crippen LogP contribution in [-0.4, -0.2) is 35.4 Å². The molecule has 0 amide bonds. The zero-order valence-electron chi connectivity index (χ0n) is 22.7. The number of halogens is 1. The summed E-state index contributed by atoms with van der Waals surface area (Å²) in [6.07, 6.45) is 8.26. The van der Waals surface area contributed by atoms with Crippen LogP contribution in [0.2, 0.25) is 0 Å². The number of hydrogen-bond acceptors (Lipinski definition) is 4. The van der Waals surface area contributed by atoms with Crippen LogP contribution in [0.1, 0.15) is 79.1 Å². The normalized spacial score (nSPS) is 42.3. The Bertz CT molecular complexity index is 1070. The van der Waals surface area contributed by atoms with E-state index in [1.54, 1.807) is 18.2 Å². The number of aliphatic hydroxyl groups excluding tert-OH is 1. The maximum Gasteiger partial charge on any atom is 0.312 e. The molecule has 7 heteroatoms. The molecule has 0 heterocycles. The van der Waals surface area contributed by atoms with Crippen molar-refractivity contribution >= 4 is 29.0 Å². The summed E-state index contributed by atoms with van der Waals surface area (Å²) in [6, 6.07) is 6.55. The van der Waals surface area contributed by atoms with Crippen LogP contribution in [0.4, 0.5) is 10.1 Å². The minimum absolute atomic E-state index is 0.00515. The Balaban J connectivity index is 1.43. The fourth-order valence-electron chi connectivity index (χ4n) is 9.99. The van der Waals surface area contributed by atoms with Crippen LogP contribution in [0.15, 0.2) is 24.3 Å². The molecular formula is C30H43FN2O3S. The number of fused-ring (bicyclic) bond motifs is 3. The maximum absolute atomic E-state index is 14.3. The maximum atomic E-state index is 14.3. The van der Waals surface area contributed by atoms with E-state index in [0.717, 1.165) is 51.4 Å². The molecule has 4 fully saturated rings. The first-order valence-corrected chi connectivity index (χ1v) is 14.5. The molecular weight excluding hydrogens is 487 g/mol. The first-order valence-electron chi connectivity index (χ1n) is 14.1. The summed E-state index contributed by atoms with van der Waals surface area (Å²) >= 11 is 5.66. The molecule has 0 radical (unpaired) electrons. The molecule has 37 heavy (non-hydrogen) atoms. The number of carbonyl (C=O) groups is 1. The van der Waals surface area contributed by atoms with Crippen LogP contribution >= 0.6 is 12.2 Å². The van der Waals surface area contributed by atoms with E-state index >= 15 is 0 Å². The monoisotopic (exact) mass is 530 g/mol. The van der Waals surface area contributed by atoms with Crippen LogP contribution in [0.5, 0.6) is 0 Å². The standard InChI is InChI=1S/C30H43FN2O3S/c1-5-36-25(35)29(4)14-8-13-28(3)22(29)12-16-30-18-27(2,15-11-23(28)30)24(19(30)17-34)33-26(37)32-21-10-7-6-9-20(21)31/h6-7,9-10,19,22-24,34H,5,8,11-18H2,1-4H3,(H2,32,33,37)/t19-,22+,23+,24-,27+,28-,29-,30-/m1/s1. The number of thiocarbonyl (C=S) groups is 1. The fraction of sp³-hybridized carbons (Fsp3) is 0.733. The van der Waals surface area contributed by atoms with E-state index in [2.05, 4.69) is 31.4 Å². The first-order chi connectivity index (χ1) is 17.5. The molecule has 8 atom stereocenters. The molecule has 5 nitrogen and oxygen atoms in total. The van der Waals surface area contributed by atoms with Crippen LogP contribution in [-0.2, 0) is 9.53 Å². The minimum atomic E-state index is -0.443. The highest BCUT2D eigenvalue weighted by atomic mass is 32.1. The third kappa shape index (κ3) is 4.02. The highest BCUT2D eigenvalue weighted by Crippen LogP contribution is 2.75. The number of rotatable bonds is 5. The van der Waals surface area contributed by atoms with Gasteiger partial charge < -0.3 is 20.5 Å². The predicted molar refractivity (Wildman–Crippen MR) is 147 cm³/mol. The van der Waals surface area contributed by atoms with Gasteiger partial charge in [0.1, 0.15) is 5.82 Å². The second-order valence-electron chi connectivity index (χ2n) is 13.1. The molecule has 2 bridgehead atoms. The number of hydrogen-bond donors (Lipinski definition) is 3. The van der Waals surface area contributed by atoms with Gasteiger partial charge in [-0.1, -0.05) is 32.4 Å². The number of anilines is 1. The van der Waals surface area contributed by atoms with Gasteiger partial charge in [0.15, 0.2) is 5.11 Å². The Morgan fingerprint density at radius 1 is 1.14 bits per heavy atom. The van der Waals surface area contributed by atoms with Crippen LogP contribution < -0.4 is 10.6 Å². The highest BCUT2D eigenvalue weighted by Gasteiger charge is 2.71. The van der Waals surface area contributed by atoms with Crippen molar-refractivity contribution in [3.8, 4) is 0 Å². The minimum Gasteiger partial charge on any atom is -0.466 e. The van der Waals surface area contributed by atoms with E-state index in [9.17, 15) is 14.3 Å². The number of aliphatic hydroxyl groups is 1. The predicted octanol–water partition coefficient (Wildman–Crippen LogP) is 6.07. The van der Waals surface area contributed by atoms with Crippen molar-refractivity contribution in [2.45, 2.75) is 85.1 Å². The molecule has 0 aliphatic heterocycles. The van der Waals surface area contributed by atoms with Gasteiger partial charge in [-0.05, 0) is 111 Å². The average molecular weight is 531 g/mol. The van der Waals surface area contributed by atoms with E-state index in [4.69, 9.17) is 17.0 Å². The summed E-state index contributed by atoms with van der Waals surface area (Å²) in [6.45, 7) is 9.33. The molecule has 4 saturated carbocycles. The van der Waals surface area contributed by atoms with Crippen molar-refractivity contribution in [2.24, 2.45) is 39.4 Å². The van der Waals surface area contributed by atoms with E-state index in [1.807, 2.05) is 6.92 Å². The molecule has 1 spiro atoms. The molecule has 1 aromatic carbocycles. The van der Waals surface area contributed by atoms with Crippen molar-refractivity contribution in [1.82, 2.24) is 5.32 Å². The van der Waals surface area contributed by atoms with Gasteiger partial charge in [-0.25, -0.2) is 4.39 Å². The van der Waals surface area contributed by atoms with Crippen molar-refractivity contribution in [1.29, 1.82) is 0 Å². The zero-order valence-corrected chi connectivity index (χ0v) is 23.6.